The van der Waals surface area contributed by atoms with E-state index < -0.39 is 5.97 Å². The van der Waals surface area contributed by atoms with Crippen molar-refractivity contribution in [3.8, 4) is 11.8 Å². The number of hydrogen-bond acceptors (Lipinski definition) is 5. The summed E-state index contributed by atoms with van der Waals surface area (Å²) in [6, 6.07) is 8.24. The molecule has 1 atom stereocenters. The fourth-order valence-corrected chi connectivity index (χ4v) is 2.54. The lowest BCUT2D eigenvalue weighted by Gasteiger charge is -2.13. The van der Waals surface area contributed by atoms with Crippen molar-refractivity contribution < 1.29 is 19.1 Å². The topological polar surface area (TPSA) is 76.4 Å². The first-order chi connectivity index (χ1) is 12.5. The number of ether oxygens (including phenoxy) is 2. The molecule has 0 aliphatic rings. The van der Waals surface area contributed by atoms with Crippen molar-refractivity contribution >= 4 is 11.9 Å². The van der Waals surface area contributed by atoms with Gasteiger partial charge in [-0.05, 0) is 44.0 Å². The lowest BCUT2D eigenvalue weighted by molar-refractivity contribution is -0.151. The van der Waals surface area contributed by atoms with Gasteiger partial charge in [0.25, 0.3) is 0 Å². The Hall–Kier alpha value is -2.35. The highest BCUT2D eigenvalue weighted by Gasteiger charge is 2.13. The SMILES string of the molecule is CCCCCCCCC(C)OC(=O)CCC(=O)Oc1ccc(C#N)cc1. The Morgan fingerprint density at radius 2 is 1.62 bits per heavy atom. The highest BCUT2D eigenvalue weighted by atomic mass is 16.5. The van der Waals surface area contributed by atoms with Crippen LogP contribution in [0.4, 0.5) is 0 Å². The van der Waals surface area contributed by atoms with Crippen LogP contribution < -0.4 is 4.74 Å². The number of benzene rings is 1. The van der Waals surface area contributed by atoms with E-state index in [1.807, 2.05) is 13.0 Å². The zero-order valence-electron chi connectivity index (χ0n) is 15.8. The molecule has 5 heteroatoms. The van der Waals surface area contributed by atoms with Crippen LogP contribution in [-0.2, 0) is 14.3 Å². The van der Waals surface area contributed by atoms with Gasteiger partial charge in [0.2, 0.25) is 0 Å². The molecule has 1 rings (SSSR count). The third-order valence-corrected chi connectivity index (χ3v) is 4.05. The number of rotatable bonds is 12. The van der Waals surface area contributed by atoms with E-state index in [4.69, 9.17) is 14.7 Å². The highest BCUT2D eigenvalue weighted by molar-refractivity contribution is 5.79. The molecule has 0 saturated carbocycles. The van der Waals surface area contributed by atoms with Gasteiger partial charge in [-0.25, -0.2) is 0 Å². The Morgan fingerprint density at radius 1 is 1.00 bits per heavy atom. The monoisotopic (exact) mass is 359 g/mol. The number of hydrogen-bond donors (Lipinski definition) is 0. The van der Waals surface area contributed by atoms with Gasteiger partial charge in [0.15, 0.2) is 0 Å². The molecule has 0 aliphatic heterocycles. The van der Waals surface area contributed by atoms with Gasteiger partial charge >= 0.3 is 11.9 Å². The van der Waals surface area contributed by atoms with Gasteiger partial charge in [-0.2, -0.15) is 5.26 Å². The zero-order chi connectivity index (χ0) is 19.2. The molecule has 0 spiro atoms. The van der Waals surface area contributed by atoms with E-state index >= 15 is 0 Å². The Morgan fingerprint density at radius 3 is 2.27 bits per heavy atom. The Bertz CT molecular complexity index is 589. The average Bonchev–Trinajstić information content (AvgIpc) is 2.63. The third-order valence-electron chi connectivity index (χ3n) is 4.05. The summed E-state index contributed by atoms with van der Waals surface area (Å²) < 4.78 is 10.5. The second-order valence-corrected chi connectivity index (χ2v) is 6.47. The molecule has 0 fully saturated rings. The second kappa shape index (κ2) is 12.9. The smallest absolute Gasteiger partial charge is 0.311 e. The van der Waals surface area contributed by atoms with Crippen molar-refractivity contribution in [3.63, 3.8) is 0 Å². The van der Waals surface area contributed by atoms with E-state index in [0.717, 1.165) is 12.8 Å². The minimum absolute atomic E-state index is 0.00987. The molecule has 0 amide bonds. The molecule has 142 valence electrons. The van der Waals surface area contributed by atoms with Gasteiger partial charge in [-0.15, -0.1) is 0 Å². The van der Waals surface area contributed by atoms with E-state index in [0.29, 0.717) is 11.3 Å². The summed E-state index contributed by atoms with van der Waals surface area (Å²) in [6.45, 7) is 4.08. The van der Waals surface area contributed by atoms with Crippen LogP contribution in [0.15, 0.2) is 24.3 Å². The number of esters is 2. The lowest BCUT2D eigenvalue weighted by Crippen LogP contribution is -2.17. The summed E-state index contributed by atoms with van der Waals surface area (Å²) in [5, 5.41) is 8.72. The molecule has 0 radical (unpaired) electrons. The fourth-order valence-electron chi connectivity index (χ4n) is 2.54. The maximum atomic E-state index is 11.8. The van der Waals surface area contributed by atoms with Gasteiger partial charge in [0.05, 0.1) is 30.6 Å². The Balaban J connectivity index is 2.16. The first kappa shape index (κ1) is 21.7. The van der Waals surface area contributed by atoms with Gasteiger partial charge in [0, 0.05) is 0 Å². The van der Waals surface area contributed by atoms with E-state index in [-0.39, 0.29) is 24.9 Å². The summed E-state index contributed by atoms with van der Waals surface area (Å²) >= 11 is 0. The van der Waals surface area contributed by atoms with Crippen LogP contribution in [0.2, 0.25) is 0 Å². The largest absolute Gasteiger partial charge is 0.463 e. The molecule has 0 bridgehead atoms. The molecule has 5 nitrogen and oxygen atoms in total. The van der Waals surface area contributed by atoms with Gasteiger partial charge in [-0.1, -0.05) is 39.0 Å². The first-order valence-electron chi connectivity index (χ1n) is 9.45. The average molecular weight is 359 g/mol. The number of nitriles is 1. The normalized spacial score (nSPS) is 11.4. The quantitative estimate of drug-likeness (QED) is 0.300. The first-order valence-corrected chi connectivity index (χ1v) is 9.45. The molecule has 26 heavy (non-hydrogen) atoms. The second-order valence-electron chi connectivity index (χ2n) is 6.47. The van der Waals surface area contributed by atoms with Crippen LogP contribution in [0.1, 0.15) is 77.2 Å². The predicted octanol–water partition coefficient (Wildman–Crippen LogP) is 4.93. The predicted molar refractivity (Wildman–Crippen MR) is 99.6 cm³/mol. The summed E-state index contributed by atoms with van der Waals surface area (Å²) in [5.74, 6) is -0.505. The number of nitrogens with zero attached hydrogens (tertiary/aromatic N) is 1. The molecule has 0 saturated heterocycles. The minimum atomic E-state index is -0.491. The molecule has 1 unspecified atom stereocenters. The summed E-state index contributed by atoms with van der Waals surface area (Å²) in [6.07, 6.45) is 7.96. The lowest BCUT2D eigenvalue weighted by atomic mass is 10.1. The van der Waals surface area contributed by atoms with Gasteiger partial charge < -0.3 is 9.47 Å². The van der Waals surface area contributed by atoms with Crippen LogP contribution >= 0.6 is 0 Å². The van der Waals surface area contributed by atoms with Crippen LogP contribution in [-0.4, -0.2) is 18.0 Å². The van der Waals surface area contributed by atoms with Gasteiger partial charge in [0.1, 0.15) is 5.75 Å². The molecule has 0 heterocycles. The van der Waals surface area contributed by atoms with Crippen molar-refractivity contribution in [3.05, 3.63) is 29.8 Å². The minimum Gasteiger partial charge on any atom is -0.463 e. The van der Waals surface area contributed by atoms with Crippen molar-refractivity contribution in [2.45, 2.75) is 77.7 Å². The van der Waals surface area contributed by atoms with E-state index in [2.05, 4.69) is 6.92 Å². The molecule has 0 aliphatic carbocycles. The molecule has 1 aromatic carbocycles. The number of carbonyl (C=O) groups excluding carboxylic acids is 2. The molecular formula is C21H29NO4. The molecule has 0 aromatic heterocycles. The molecular weight excluding hydrogens is 330 g/mol. The number of unbranched alkanes of at least 4 members (excludes halogenated alkanes) is 5. The van der Waals surface area contributed by atoms with Crippen LogP contribution in [0.25, 0.3) is 0 Å². The van der Waals surface area contributed by atoms with Crippen molar-refractivity contribution in [1.82, 2.24) is 0 Å². The van der Waals surface area contributed by atoms with Crippen LogP contribution in [0.3, 0.4) is 0 Å². The fraction of sp³-hybridized carbons (Fsp3) is 0.571. The van der Waals surface area contributed by atoms with Crippen molar-refractivity contribution in [1.29, 1.82) is 5.26 Å². The summed E-state index contributed by atoms with van der Waals surface area (Å²) in [4.78, 5) is 23.6. The van der Waals surface area contributed by atoms with Crippen molar-refractivity contribution in [2.75, 3.05) is 0 Å². The van der Waals surface area contributed by atoms with Gasteiger partial charge in [-0.3, -0.25) is 9.59 Å². The van der Waals surface area contributed by atoms with Crippen LogP contribution in [0, 0.1) is 11.3 Å². The van der Waals surface area contributed by atoms with Crippen molar-refractivity contribution in [2.24, 2.45) is 0 Å². The maximum absolute atomic E-state index is 11.8. The summed E-state index contributed by atoms with van der Waals surface area (Å²) in [7, 11) is 0. The molecule has 0 N–H and O–H groups in total. The van der Waals surface area contributed by atoms with E-state index in [1.165, 1.54) is 32.1 Å². The maximum Gasteiger partial charge on any atom is 0.311 e. The van der Waals surface area contributed by atoms with E-state index in [9.17, 15) is 9.59 Å². The number of carbonyl (C=O) groups is 2. The standard InChI is InChI=1S/C21H29NO4/c1-3-4-5-6-7-8-9-17(2)25-20(23)14-15-21(24)26-19-12-10-18(16-22)11-13-19/h10-13,17H,3-9,14-15H2,1-2H3. The molecule has 1 aromatic rings. The van der Waals surface area contributed by atoms with E-state index in [1.54, 1.807) is 24.3 Å². The Kier molecular flexibility index (Phi) is 10.8. The summed E-state index contributed by atoms with van der Waals surface area (Å²) in [5.41, 5.74) is 0.493. The van der Waals surface area contributed by atoms with Crippen LogP contribution in [0.5, 0.6) is 5.75 Å². The third kappa shape index (κ3) is 9.83. The Labute approximate surface area is 156 Å². The zero-order valence-corrected chi connectivity index (χ0v) is 15.8. The highest BCUT2D eigenvalue weighted by Crippen LogP contribution is 2.14.